The number of aromatic nitrogens is 2. The molecule has 6 atom stereocenters. The molecule has 19 heteroatoms. The number of halogens is 1. The first-order valence-corrected chi connectivity index (χ1v) is 24.2. The number of hydrogen-bond donors (Lipinski definition) is 4. The number of nitrogens with two attached hydrogens (primary N) is 1. The van der Waals surface area contributed by atoms with E-state index >= 15 is 0 Å². The molecule has 3 aromatic rings. The Morgan fingerprint density at radius 2 is 1.63 bits per heavy atom. The highest BCUT2D eigenvalue weighted by molar-refractivity contribution is 9.10. The number of nitrogens with zero attached hydrogens (tertiary/aromatic N) is 4. The lowest BCUT2D eigenvalue weighted by molar-refractivity contribution is -0.146. The monoisotopic (exact) mass is 992 g/mol. The summed E-state index contributed by atoms with van der Waals surface area (Å²) in [6.07, 6.45) is 4.81. The Kier molecular flexibility index (Phi) is 17.1. The third-order valence-corrected chi connectivity index (χ3v) is 13.4. The highest BCUT2D eigenvalue weighted by Crippen LogP contribution is 2.31. The third kappa shape index (κ3) is 13.3. The first-order chi connectivity index (χ1) is 31.8. The van der Waals surface area contributed by atoms with Crippen molar-refractivity contribution in [2.45, 2.75) is 160 Å². The fourth-order valence-corrected chi connectivity index (χ4v) is 9.52. The molecule has 1 aromatic heterocycles. The summed E-state index contributed by atoms with van der Waals surface area (Å²) >= 11 is 3.43. The molecule has 3 saturated heterocycles. The second-order valence-corrected chi connectivity index (χ2v) is 19.9. The van der Waals surface area contributed by atoms with Crippen LogP contribution in [0.25, 0.3) is 11.0 Å². The lowest BCUT2D eigenvalue weighted by Crippen LogP contribution is -2.62. The van der Waals surface area contributed by atoms with E-state index < -0.39 is 65.6 Å². The Morgan fingerprint density at radius 1 is 0.910 bits per heavy atom. The van der Waals surface area contributed by atoms with Crippen molar-refractivity contribution in [3.63, 3.8) is 0 Å². The minimum Gasteiger partial charge on any atom is -0.444 e. The molecule has 18 nitrogen and oxygen atoms in total. The van der Waals surface area contributed by atoms with Crippen LogP contribution in [0.3, 0.4) is 0 Å². The minimum absolute atomic E-state index is 0.0197. The molecule has 0 saturated carbocycles. The van der Waals surface area contributed by atoms with Crippen molar-refractivity contribution < 1.29 is 43.0 Å². The maximum Gasteiger partial charge on any atom is 0.408 e. The SMILES string of the molecule is CC(OCc1ccc(Br)cc1)C(CCC(N)=O)NC(=O)[C@@H]1CC[C@@H]2CCN(C(=O)CCCCCCc3ccc4c(c3)n(C)c(=O)n4C3CCC(=O)NC3=O)C[C@H](NC(=O)OC(C)(C)C)C(=O)N21. The van der Waals surface area contributed by atoms with Gasteiger partial charge in [-0.15, -0.1) is 0 Å². The molecule has 3 fully saturated rings. The molecule has 4 heterocycles. The van der Waals surface area contributed by atoms with Gasteiger partial charge in [0.05, 0.1) is 36.3 Å². The summed E-state index contributed by atoms with van der Waals surface area (Å²) in [6.45, 7) is 7.46. The van der Waals surface area contributed by atoms with Crippen LogP contribution < -0.4 is 27.4 Å². The quantitative estimate of drug-likeness (QED) is 0.104. The summed E-state index contributed by atoms with van der Waals surface area (Å²) in [6, 6.07) is 9.68. The zero-order valence-corrected chi connectivity index (χ0v) is 40.7. The summed E-state index contributed by atoms with van der Waals surface area (Å²) in [5.74, 6) is -2.35. The van der Waals surface area contributed by atoms with Gasteiger partial charge in [0.25, 0.3) is 0 Å². The smallest absolute Gasteiger partial charge is 0.408 e. The second kappa shape index (κ2) is 22.5. The lowest BCUT2D eigenvalue weighted by Gasteiger charge is -2.39. The molecule has 0 spiro atoms. The molecule has 0 bridgehead atoms. The number of imidazole rings is 1. The van der Waals surface area contributed by atoms with Crippen LogP contribution >= 0.6 is 15.9 Å². The highest BCUT2D eigenvalue weighted by Gasteiger charge is 2.46. The van der Waals surface area contributed by atoms with Crippen LogP contribution in [-0.2, 0) is 58.3 Å². The standard InChI is InChI=1S/C48H65BrN8O10/c1-29(66-28-31-12-15-32(49)16-13-31)34(18-22-40(50)58)51-43(61)37-20-17-33-24-25-55(27-35(45(63)56(33)37)52-46(64)67-48(2,3)4)42(60)11-9-7-6-8-10-30-14-19-36-39(26-30)54(5)47(65)57(36)38-21-23-41(59)53-44(38)62/h12-16,19,26,29,33-35,37-38H,6-11,17-18,20-25,27-28H2,1-5H3,(H2,50,58)(H,51,61)(H,52,64)(H,53,59,62)/t29?,33-,34?,35+,37+,38?/m1/s1. The molecule has 364 valence electrons. The predicted molar refractivity (Wildman–Crippen MR) is 252 cm³/mol. The summed E-state index contributed by atoms with van der Waals surface area (Å²) in [5, 5.41) is 8.10. The fourth-order valence-electron chi connectivity index (χ4n) is 9.25. The number of carbonyl (C=O) groups is 7. The van der Waals surface area contributed by atoms with Crippen LogP contribution in [0, 0.1) is 0 Å². The van der Waals surface area contributed by atoms with Crippen molar-refractivity contribution in [3.05, 3.63) is 68.5 Å². The Labute approximate surface area is 399 Å². The predicted octanol–water partition coefficient (Wildman–Crippen LogP) is 4.41. The van der Waals surface area contributed by atoms with E-state index in [1.54, 1.807) is 37.6 Å². The van der Waals surface area contributed by atoms with Gasteiger partial charge in [-0.05, 0) is 114 Å². The van der Waals surface area contributed by atoms with Gasteiger partial charge >= 0.3 is 11.8 Å². The molecular formula is C48H65BrN8O10. The molecule has 67 heavy (non-hydrogen) atoms. The Bertz CT molecular complexity index is 2380. The van der Waals surface area contributed by atoms with Gasteiger partial charge in [-0.2, -0.15) is 0 Å². The number of hydrogen-bond acceptors (Lipinski definition) is 10. The van der Waals surface area contributed by atoms with E-state index in [9.17, 15) is 38.4 Å². The molecule has 2 aromatic carbocycles. The van der Waals surface area contributed by atoms with E-state index in [1.807, 2.05) is 49.4 Å². The first-order valence-electron chi connectivity index (χ1n) is 23.4. The average Bonchev–Trinajstić information content (AvgIpc) is 3.79. The van der Waals surface area contributed by atoms with Gasteiger partial charge in [0.2, 0.25) is 35.4 Å². The van der Waals surface area contributed by atoms with Crippen LogP contribution in [0.15, 0.2) is 51.7 Å². The van der Waals surface area contributed by atoms with Crippen molar-refractivity contribution in [2.75, 3.05) is 13.1 Å². The third-order valence-electron chi connectivity index (χ3n) is 12.8. The van der Waals surface area contributed by atoms with Gasteiger partial charge in [0.15, 0.2) is 0 Å². The molecule has 3 aliphatic heterocycles. The van der Waals surface area contributed by atoms with E-state index in [1.165, 1.54) is 9.13 Å². The summed E-state index contributed by atoms with van der Waals surface area (Å²) in [5.41, 5.74) is 7.64. The van der Waals surface area contributed by atoms with E-state index in [0.717, 1.165) is 41.3 Å². The number of primary amides is 1. The minimum atomic E-state index is -1.17. The number of imide groups is 1. The molecule has 0 aliphatic carbocycles. The van der Waals surface area contributed by atoms with E-state index in [-0.39, 0.29) is 68.8 Å². The number of piperidine rings is 1. The maximum absolute atomic E-state index is 14.5. The molecule has 3 unspecified atom stereocenters. The largest absolute Gasteiger partial charge is 0.444 e. The number of benzene rings is 2. The molecule has 3 aliphatic rings. The van der Waals surface area contributed by atoms with Crippen LogP contribution in [0.5, 0.6) is 0 Å². The topological polar surface area (TPSA) is 233 Å². The molecular weight excluding hydrogens is 928 g/mol. The Hall–Kier alpha value is -5.56. The molecule has 6 rings (SSSR count). The van der Waals surface area contributed by atoms with Gasteiger partial charge in [-0.25, -0.2) is 9.59 Å². The lowest BCUT2D eigenvalue weighted by atomic mass is 10.0. The summed E-state index contributed by atoms with van der Waals surface area (Å²) in [7, 11) is 1.67. The highest BCUT2D eigenvalue weighted by atomic mass is 79.9. The normalized spacial score (nSPS) is 21.0. The van der Waals surface area contributed by atoms with Gasteiger partial charge < -0.3 is 35.6 Å². The number of rotatable bonds is 18. The van der Waals surface area contributed by atoms with Crippen molar-refractivity contribution >= 4 is 68.5 Å². The average molecular weight is 994 g/mol. The van der Waals surface area contributed by atoms with Crippen LogP contribution in [0.4, 0.5) is 4.79 Å². The van der Waals surface area contributed by atoms with E-state index in [4.69, 9.17) is 15.2 Å². The fraction of sp³-hybridized carbons (Fsp3) is 0.583. The van der Waals surface area contributed by atoms with Crippen molar-refractivity contribution in [3.8, 4) is 0 Å². The van der Waals surface area contributed by atoms with Gasteiger partial charge in [-0.3, -0.25) is 43.2 Å². The van der Waals surface area contributed by atoms with Gasteiger partial charge in [0, 0.05) is 43.4 Å². The van der Waals surface area contributed by atoms with Crippen LogP contribution in [-0.4, -0.2) is 109 Å². The van der Waals surface area contributed by atoms with Gasteiger partial charge in [-0.1, -0.05) is 47.0 Å². The van der Waals surface area contributed by atoms with Crippen molar-refractivity contribution in [2.24, 2.45) is 12.8 Å². The molecule has 7 amide bonds. The molecule has 0 radical (unpaired) electrons. The number of carbonyl (C=O) groups excluding carboxylic acids is 7. The van der Waals surface area contributed by atoms with Crippen molar-refractivity contribution in [1.29, 1.82) is 0 Å². The number of aryl methyl sites for hydroxylation is 2. The number of nitrogens with one attached hydrogen (secondary N) is 3. The van der Waals surface area contributed by atoms with Gasteiger partial charge in [0.1, 0.15) is 23.7 Å². The van der Waals surface area contributed by atoms with Crippen LogP contribution in [0.1, 0.15) is 122 Å². The maximum atomic E-state index is 14.5. The van der Waals surface area contributed by atoms with Crippen LogP contribution in [0.2, 0.25) is 0 Å². The summed E-state index contributed by atoms with van der Waals surface area (Å²) in [4.78, 5) is 108. The number of alkyl carbamates (subject to hydrolysis) is 1. The zero-order chi connectivity index (χ0) is 48.6. The number of fused-ring (bicyclic) bond motifs is 2. The Balaban J connectivity index is 1.05. The number of ether oxygens (including phenoxy) is 2. The van der Waals surface area contributed by atoms with E-state index in [2.05, 4.69) is 31.9 Å². The second-order valence-electron chi connectivity index (χ2n) is 19.0. The zero-order valence-electron chi connectivity index (χ0n) is 39.1. The van der Waals surface area contributed by atoms with E-state index in [0.29, 0.717) is 43.3 Å². The van der Waals surface area contributed by atoms with Crippen molar-refractivity contribution in [1.82, 2.24) is 34.9 Å². The molecule has 5 N–H and O–H groups in total. The summed E-state index contributed by atoms with van der Waals surface area (Å²) < 4.78 is 15.6. The Morgan fingerprint density at radius 3 is 2.33 bits per heavy atom. The number of unbranched alkanes of at least 4 members (excludes halogenated alkanes) is 3. The number of amides is 7. The first kappa shape index (κ1) is 50.8.